The Bertz CT molecular complexity index is 402. The van der Waals surface area contributed by atoms with E-state index in [9.17, 15) is 4.79 Å². The number of rotatable bonds is 8. The molecule has 3 N–H and O–H groups in total. The number of halogens is 1. The number of hydrogen-bond acceptors (Lipinski definition) is 4. The van der Waals surface area contributed by atoms with E-state index in [0.717, 1.165) is 21.7 Å². The third-order valence-electron chi connectivity index (χ3n) is 2.25. The Morgan fingerprint density at radius 2 is 2.32 bits per heavy atom. The van der Waals surface area contributed by atoms with E-state index >= 15 is 0 Å². The van der Waals surface area contributed by atoms with Crippen LogP contribution in [0, 0.1) is 0 Å². The maximum atomic E-state index is 11.2. The number of ether oxygens (including phenoxy) is 1. The fourth-order valence-corrected chi connectivity index (χ4v) is 2.31. The fraction of sp³-hybridized carbons (Fsp3) is 0.462. The molecule has 0 aliphatic rings. The number of amides is 1. The Morgan fingerprint density at radius 3 is 3.00 bits per heavy atom. The van der Waals surface area contributed by atoms with Crippen molar-refractivity contribution in [3.8, 4) is 5.75 Å². The second-order valence-corrected chi connectivity index (χ2v) is 6.14. The molecule has 1 aromatic rings. The van der Waals surface area contributed by atoms with E-state index in [4.69, 9.17) is 10.5 Å². The lowest BCUT2D eigenvalue weighted by atomic mass is 10.3. The predicted octanol–water partition coefficient (Wildman–Crippen LogP) is 2.02. The first-order valence-corrected chi connectivity index (χ1v) is 8.04. The summed E-state index contributed by atoms with van der Waals surface area (Å²) in [6.45, 7) is 2.97. The van der Waals surface area contributed by atoms with Crippen LogP contribution >= 0.6 is 27.7 Å². The average molecular weight is 347 g/mol. The van der Waals surface area contributed by atoms with Crippen molar-refractivity contribution in [3.63, 3.8) is 0 Å². The molecular weight excluding hydrogens is 328 g/mol. The molecule has 0 bridgehead atoms. The Morgan fingerprint density at radius 1 is 1.53 bits per heavy atom. The smallest absolute Gasteiger partial charge is 0.236 e. The highest BCUT2D eigenvalue weighted by Crippen LogP contribution is 2.17. The number of carbonyl (C=O) groups is 1. The van der Waals surface area contributed by atoms with Gasteiger partial charge in [-0.05, 0) is 25.1 Å². The maximum Gasteiger partial charge on any atom is 0.236 e. The molecule has 0 aromatic heterocycles. The van der Waals surface area contributed by atoms with Gasteiger partial charge < -0.3 is 15.8 Å². The molecule has 0 fully saturated rings. The summed E-state index contributed by atoms with van der Waals surface area (Å²) in [6.07, 6.45) is 0. The Balaban J connectivity index is 2.01. The van der Waals surface area contributed by atoms with Crippen molar-refractivity contribution in [1.82, 2.24) is 5.32 Å². The summed E-state index contributed by atoms with van der Waals surface area (Å²) in [5, 5.41) is 2.77. The van der Waals surface area contributed by atoms with Gasteiger partial charge in [-0.3, -0.25) is 4.79 Å². The van der Waals surface area contributed by atoms with Gasteiger partial charge in [-0.25, -0.2) is 0 Å². The van der Waals surface area contributed by atoms with Gasteiger partial charge in [-0.15, -0.1) is 0 Å². The third-order valence-corrected chi connectivity index (χ3v) is 3.69. The molecule has 0 heterocycles. The molecule has 0 aliphatic heterocycles. The minimum Gasteiger partial charge on any atom is -0.493 e. The van der Waals surface area contributed by atoms with Crippen LogP contribution in [0.2, 0.25) is 0 Å². The highest BCUT2D eigenvalue weighted by atomic mass is 79.9. The van der Waals surface area contributed by atoms with Gasteiger partial charge in [0.2, 0.25) is 5.91 Å². The molecule has 1 aromatic carbocycles. The van der Waals surface area contributed by atoms with Gasteiger partial charge in [-0.1, -0.05) is 22.0 Å². The molecule has 0 saturated heterocycles. The number of benzene rings is 1. The molecule has 1 rings (SSSR count). The standard InChI is InChI=1S/C13H19BrN2O2S/c1-10(15)13(17)16-5-7-19-8-6-18-12-4-2-3-11(14)9-12/h2-4,9-10H,5-8,15H2,1H3,(H,16,17)/t10-/m1/s1. The van der Waals surface area contributed by atoms with Gasteiger partial charge in [0.25, 0.3) is 0 Å². The number of hydrogen-bond donors (Lipinski definition) is 2. The minimum atomic E-state index is -0.440. The number of nitrogens with one attached hydrogen (secondary N) is 1. The summed E-state index contributed by atoms with van der Waals surface area (Å²) >= 11 is 5.13. The van der Waals surface area contributed by atoms with Gasteiger partial charge in [0.15, 0.2) is 0 Å². The zero-order valence-corrected chi connectivity index (χ0v) is 13.3. The fourth-order valence-electron chi connectivity index (χ4n) is 1.28. The quantitative estimate of drug-likeness (QED) is 0.707. The first kappa shape index (κ1) is 16.3. The van der Waals surface area contributed by atoms with E-state index < -0.39 is 6.04 Å². The van der Waals surface area contributed by atoms with Crippen LogP contribution in [0.3, 0.4) is 0 Å². The minimum absolute atomic E-state index is 0.106. The van der Waals surface area contributed by atoms with Crippen molar-refractivity contribution in [2.45, 2.75) is 13.0 Å². The van der Waals surface area contributed by atoms with Gasteiger partial charge >= 0.3 is 0 Å². The molecule has 0 aliphatic carbocycles. The van der Waals surface area contributed by atoms with Crippen LogP contribution in [0.5, 0.6) is 5.75 Å². The van der Waals surface area contributed by atoms with Crippen LogP contribution in [-0.4, -0.2) is 36.6 Å². The molecule has 0 radical (unpaired) electrons. The van der Waals surface area contributed by atoms with E-state index in [2.05, 4.69) is 21.2 Å². The molecule has 106 valence electrons. The monoisotopic (exact) mass is 346 g/mol. The van der Waals surface area contributed by atoms with Crippen molar-refractivity contribution < 1.29 is 9.53 Å². The van der Waals surface area contributed by atoms with Gasteiger partial charge in [0.1, 0.15) is 5.75 Å². The van der Waals surface area contributed by atoms with Crippen molar-refractivity contribution in [2.24, 2.45) is 5.73 Å². The molecule has 0 saturated carbocycles. The highest BCUT2D eigenvalue weighted by Gasteiger charge is 2.04. The van der Waals surface area contributed by atoms with Crippen LogP contribution in [0.15, 0.2) is 28.7 Å². The third kappa shape index (κ3) is 7.44. The second kappa shape index (κ2) is 9.23. The summed E-state index contributed by atoms with van der Waals surface area (Å²) in [7, 11) is 0. The van der Waals surface area contributed by atoms with Crippen LogP contribution in [0.4, 0.5) is 0 Å². The van der Waals surface area contributed by atoms with Gasteiger partial charge in [0, 0.05) is 22.5 Å². The van der Waals surface area contributed by atoms with E-state index in [1.54, 1.807) is 18.7 Å². The summed E-state index contributed by atoms with van der Waals surface area (Å²) in [6, 6.07) is 7.33. The van der Waals surface area contributed by atoms with E-state index in [0.29, 0.717) is 13.2 Å². The summed E-state index contributed by atoms with van der Waals surface area (Å²) < 4.78 is 6.60. The Kier molecular flexibility index (Phi) is 7.93. The molecule has 1 atom stereocenters. The van der Waals surface area contributed by atoms with Crippen molar-refractivity contribution in [1.29, 1.82) is 0 Å². The van der Waals surface area contributed by atoms with Crippen molar-refractivity contribution in [3.05, 3.63) is 28.7 Å². The normalized spacial score (nSPS) is 11.9. The number of thioether (sulfide) groups is 1. The van der Waals surface area contributed by atoms with Crippen LogP contribution in [0.25, 0.3) is 0 Å². The first-order chi connectivity index (χ1) is 9.09. The zero-order chi connectivity index (χ0) is 14.1. The SMILES string of the molecule is C[C@@H](N)C(=O)NCCSCCOc1cccc(Br)c1. The van der Waals surface area contributed by atoms with Gasteiger partial charge in [-0.2, -0.15) is 11.8 Å². The van der Waals surface area contributed by atoms with Crippen molar-refractivity contribution in [2.75, 3.05) is 24.7 Å². The largest absolute Gasteiger partial charge is 0.493 e. The zero-order valence-electron chi connectivity index (χ0n) is 10.9. The summed E-state index contributed by atoms with van der Waals surface area (Å²) in [5.74, 6) is 2.51. The topological polar surface area (TPSA) is 64.4 Å². The molecule has 4 nitrogen and oxygen atoms in total. The van der Waals surface area contributed by atoms with E-state index in [-0.39, 0.29) is 5.91 Å². The number of nitrogens with two attached hydrogens (primary N) is 1. The molecule has 6 heteroatoms. The lowest BCUT2D eigenvalue weighted by Crippen LogP contribution is -2.39. The van der Waals surface area contributed by atoms with Crippen molar-refractivity contribution >= 4 is 33.6 Å². The van der Waals surface area contributed by atoms with Crippen LogP contribution in [-0.2, 0) is 4.79 Å². The molecule has 0 spiro atoms. The highest BCUT2D eigenvalue weighted by molar-refractivity contribution is 9.10. The number of carbonyl (C=O) groups excluding carboxylic acids is 1. The lowest BCUT2D eigenvalue weighted by molar-refractivity contribution is -0.121. The molecular formula is C13H19BrN2O2S. The molecule has 0 unspecified atom stereocenters. The first-order valence-electron chi connectivity index (χ1n) is 6.09. The van der Waals surface area contributed by atoms with E-state index in [1.807, 2.05) is 24.3 Å². The summed E-state index contributed by atoms with van der Waals surface area (Å²) in [5.41, 5.74) is 5.43. The van der Waals surface area contributed by atoms with Gasteiger partial charge in [0.05, 0.1) is 12.6 Å². The summed E-state index contributed by atoms with van der Waals surface area (Å²) in [4.78, 5) is 11.2. The molecule has 1 amide bonds. The Labute approximate surface area is 126 Å². The maximum absolute atomic E-state index is 11.2. The van der Waals surface area contributed by atoms with E-state index in [1.165, 1.54) is 0 Å². The predicted molar refractivity (Wildman–Crippen MR) is 83.6 cm³/mol. The lowest BCUT2D eigenvalue weighted by Gasteiger charge is -2.08. The Hall–Kier alpha value is -0.720. The average Bonchev–Trinajstić information content (AvgIpc) is 2.37. The van der Waals surface area contributed by atoms with Crippen LogP contribution in [0.1, 0.15) is 6.92 Å². The van der Waals surface area contributed by atoms with Crippen LogP contribution < -0.4 is 15.8 Å². The second-order valence-electron chi connectivity index (χ2n) is 4.00. The molecule has 19 heavy (non-hydrogen) atoms.